The molecule has 0 N–H and O–H groups in total. The van der Waals surface area contributed by atoms with Gasteiger partial charge in [0.1, 0.15) is 0 Å². The van der Waals surface area contributed by atoms with E-state index < -0.39 is 0 Å². The van der Waals surface area contributed by atoms with Crippen LogP contribution in [0.2, 0.25) is 0 Å². The van der Waals surface area contributed by atoms with Crippen LogP contribution in [0.5, 0.6) is 0 Å². The topological polar surface area (TPSA) is 0 Å². The summed E-state index contributed by atoms with van der Waals surface area (Å²) in [4.78, 5) is 0. The predicted molar refractivity (Wildman–Crippen MR) is 114 cm³/mol. The zero-order valence-corrected chi connectivity index (χ0v) is 17.4. The Hall–Kier alpha value is -1.56. The normalized spacial score (nSPS) is 11.0. The first-order chi connectivity index (χ1) is 11.9. The van der Waals surface area contributed by atoms with Gasteiger partial charge in [-0.05, 0) is 25.0 Å². The Bertz CT molecular complexity index is 519. The highest BCUT2D eigenvalue weighted by atomic mass is 14.3. The molecule has 0 nitrogen and oxygen atoms in total. The van der Waals surface area contributed by atoms with Crippen molar-refractivity contribution in [3.63, 3.8) is 0 Å². The number of hydrogen-bond donors (Lipinski definition) is 0. The Kier molecular flexibility index (Phi) is 9.57. The van der Waals surface area contributed by atoms with Gasteiger partial charge in [-0.3, -0.25) is 0 Å². The van der Waals surface area contributed by atoms with E-state index in [2.05, 4.69) is 90.1 Å². The third-order valence-electron chi connectivity index (χ3n) is 5.00. The lowest BCUT2D eigenvalue weighted by Crippen LogP contribution is -2.18. The molecule has 25 heavy (non-hydrogen) atoms. The SMILES string of the molecule is CCCCCCCC.Cc1ccc(C(C)(C)c2ccc(C)cc2)cc1. The number of unbranched alkanes of at least 4 members (excludes halogenated alkanes) is 5. The van der Waals surface area contributed by atoms with E-state index >= 15 is 0 Å². The molecule has 0 bridgehead atoms. The molecule has 0 amide bonds. The van der Waals surface area contributed by atoms with Crippen LogP contribution in [-0.2, 0) is 5.41 Å². The summed E-state index contributed by atoms with van der Waals surface area (Å²) < 4.78 is 0. The zero-order valence-electron chi connectivity index (χ0n) is 17.4. The van der Waals surface area contributed by atoms with E-state index in [1.807, 2.05) is 0 Å². The summed E-state index contributed by atoms with van der Waals surface area (Å²) in [5, 5.41) is 0. The first-order valence-electron chi connectivity index (χ1n) is 10.1. The molecule has 0 spiro atoms. The van der Waals surface area contributed by atoms with Gasteiger partial charge in [-0.1, -0.05) is 126 Å². The van der Waals surface area contributed by atoms with Crippen LogP contribution in [0.25, 0.3) is 0 Å². The molecule has 0 saturated heterocycles. The molecular weight excluding hydrogens is 300 g/mol. The first kappa shape index (κ1) is 21.5. The fourth-order valence-corrected chi connectivity index (χ4v) is 2.96. The average molecular weight is 339 g/mol. The van der Waals surface area contributed by atoms with Gasteiger partial charge in [0.25, 0.3) is 0 Å². The van der Waals surface area contributed by atoms with Crippen LogP contribution in [0, 0.1) is 13.8 Å². The molecule has 0 heterocycles. The van der Waals surface area contributed by atoms with E-state index in [9.17, 15) is 0 Å². The Labute approximate surface area is 156 Å². The van der Waals surface area contributed by atoms with Gasteiger partial charge in [0, 0.05) is 5.41 Å². The Balaban J connectivity index is 0.000000333. The van der Waals surface area contributed by atoms with Gasteiger partial charge >= 0.3 is 0 Å². The fraction of sp³-hybridized carbons (Fsp3) is 0.520. The van der Waals surface area contributed by atoms with Gasteiger partial charge in [-0.25, -0.2) is 0 Å². The minimum absolute atomic E-state index is 0.0708. The lowest BCUT2D eigenvalue weighted by atomic mass is 9.78. The number of benzene rings is 2. The summed E-state index contributed by atoms with van der Waals surface area (Å²) >= 11 is 0. The quantitative estimate of drug-likeness (QED) is 0.449. The van der Waals surface area contributed by atoms with E-state index in [4.69, 9.17) is 0 Å². The second-order valence-electron chi connectivity index (χ2n) is 7.77. The third kappa shape index (κ3) is 7.46. The maximum Gasteiger partial charge on any atom is 0.0146 e. The van der Waals surface area contributed by atoms with Crippen LogP contribution in [-0.4, -0.2) is 0 Å². The van der Waals surface area contributed by atoms with Gasteiger partial charge < -0.3 is 0 Å². The van der Waals surface area contributed by atoms with Crippen molar-refractivity contribution in [2.45, 2.75) is 85.5 Å². The van der Waals surface area contributed by atoms with Gasteiger partial charge in [0.2, 0.25) is 0 Å². The van der Waals surface area contributed by atoms with Crippen molar-refractivity contribution in [3.8, 4) is 0 Å². The van der Waals surface area contributed by atoms with Crippen molar-refractivity contribution in [3.05, 3.63) is 70.8 Å². The van der Waals surface area contributed by atoms with Gasteiger partial charge in [-0.2, -0.15) is 0 Å². The lowest BCUT2D eigenvalue weighted by molar-refractivity contribution is 0.624. The monoisotopic (exact) mass is 338 g/mol. The van der Waals surface area contributed by atoms with Crippen LogP contribution in [0.4, 0.5) is 0 Å². The molecule has 0 aliphatic rings. The summed E-state index contributed by atoms with van der Waals surface area (Å²) in [6, 6.07) is 17.7. The largest absolute Gasteiger partial charge is 0.0654 e. The van der Waals surface area contributed by atoms with E-state index in [0.29, 0.717) is 0 Å². The maximum atomic E-state index is 2.28. The van der Waals surface area contributed by atoms with Crippen LogP contribution < -0.4 is 0 Å². The van der Waals surface area contributed by atoms with Crippen molar-refractivity contribution >= 4 is 0 Å². The maximum absolute atomic E-state index is 2.28. The zero-order chi connectivity index (χ0) is 18.7. The van der Waals surface area contributed by atoms with E-state index in [1.54, 1.807) is 0 Å². The second-order valence-corrected chi connectivity index (χ2v) is 7.77. The molecule has 2 aromatic carbocycles. The van der Waals surface area contributed by atoms with Crippen molar-refractivity contribution in [1.29, 1.82) is 0 Å². The molecule has 0 aliphatic heterocycles. The van der Waals surface area contributed by atoms with E-state index in [-0.39, 0.29) is 5.41 Å². The minimum atomic E-state index is 0.0708. The highest BCUT2D eigenvalue weighted by molar-refractivity contribution is 5.39. The Morgan fingerprint density at radius 1 is 0.560 bits per heavy atom. The molecule has 0 aliphatic carbocycles. The summed E-state index contributed by atoms with van der Waals surface area (Å²) in [7, 11) is 0. The molecule has 0 heteroatoms. The van der Waals surface area contributed by atoms with Crippen LogP contribution in [0.1, 0.15) is 88.5 Å². The third-order valence-corrected chi connectivity index (χ3v) is 5.00. The average Bonchev–Trinajstić information content (AvgIpc) is 2.60. The van der Waals surface area contributed by atoms with Crippen LogP contribution in [0.3, 0.4) is 0 Å². The molecule has 0 aromatic heterocycles. The highest BCUT2D eigenvalue weighted by Gasteiger charge is 2.22. The van der Waals surface area contributed by atoms with Gasteiger partial charge in [-0.15, -0.1) is 0 Å². The highest BCUT2D eigenvalue weighted by Crippen LogP contribution is 2.31. The lowest BCUT2D eigenvalue weighted by Gasteiger charge is -2.26. The molecule has 0 saturated carbocycles. The number of aryl methyl sites for hydroxylation is 2. The first-order valence-corrected chi connectivity index (χ1v) is 10.1. The summed E-state index contributed by atoms with van der Waals surface area (Å²) in [6.45, 7) is 13.3. The summed E-state index contributed by atoms with van der Waals surface area (Å²) in [5.41, 5.74) is 5.43. The van der Waals surface area contributed by atoms with Crippen molar-refractivity contribution < 1.29 is 0 Å². The molecule has 138 valence electrons. The van der Waals surface area contributed by atoms with Crippen molar-refractivity contribution in [2.75, 3.05) is 0 Å². The van der Waals surface area contributed by atoms with E-state index in [1.165, 1.54) is 60.8 Å². The van der Waals surface area contributed by atoms with Crippen molar-refractivity contribution in [2.24, 2.45) is 0 Å². The molecule has 0 radical (unpaired) electrons. The van der Waals surface area contributed by atoms with Gasteiger partial charge in [0.05, 0.1) is 0 Å². The molecular formula is C25H38. The molecule has 2 rings (SSSR count). The molecule has 0 unspecified atom stereocenters. The summed E-state index contributed by atoms with van der Waals surface area (Å²) in [5.74, 6) is 0. The Morgan fingerprint density at radius 3 is 1.16 bits per heavy atom. The van der Waals surface area contributed by atoms with E-state index in [0.717, 1.165) is 0 Å². The minimum Gasteiger partial charge on any atom is -0.0654 e. The van der Waals surface area contributed by atoms with Crippen LogP contribution >= 0.6 is 0 Å². The molecule has 2 aromatic rings. The number of rotatable bonds is 7. The standard InChI is InChI=1S/C17H20.C8H18/c1-13-5-9-15(10-6-13)17(3,4)16-11-7-14(2)8-12-16;1-3-5-7-8-6-4-2/h5-12H,1-4H3;3-8H2,1-2H3. The predicted octanol–water partition coefficient (Wildman–Crippen LogP) is 8.00. The molecule has 0 fully saturated rings. The smallest absolute Gasteiger partial charge is 0.0146 e. The van der Waals surface area contributed by atoms with Gasteiger partial charge in [0.15, 0.2) is 0 Å². The van der Waals surface area contributed by atoms with Crippen molar-refractivity contribution in [1.82, 2.24) is 0 Å². The molecule has 0 atom stereocenters. The van der Waals surface area contributed by atoms with Crippen LogP contribution in [0.15, 0.2) is 48.5 Å². The second kappa shape index (κ2) is 11.1. The Morgan fingerprint density at radius 2 is 0.880 bits per heavy atom. The fourth-order valence-electron chi connectivity index (χ4n) is 2.96. The number of hydrogen-bond acceptors (Lipinski definition) is 0. The summed E-state index contributed by atoms with van der Waals surface area (Å²) in [6.07, 6.45) is 8.49.